The minimum atomic E-state index is -0.819. The molecule has 19 heavy (non-hydrogen) atoms. The smallest absolute Gasteiger partial charge is 0.320 e. The van der Waals surface area contributed by atoms with Crippen LogP contribution in [0.25, 0.3) is 0 Å². The largest absolute Gasteiger partial charge is 0.480 e. The van der Waals surface area contributed by atoms with Gasteiger partial charge in [0.25, 0.3) is 0 Å². The van der Waals surface area contributed by atoms with Crippen LogP contribution in [0.15, 0.2) is 0 Å². The zero-order valence-corrected chi connectivity index (χ0v) is 12.2. The summed E-state index contributed by atoms with van der Waals surface area (Å²) in [6.45, 7) is 7.01. The Morgan fingerprint density at radius 1 is 1.47 bits per heavy atom. The van der Waals surface area contributed by atoms with Crippen molar-refractivity contribution in [2.75, 3.05) is 13.1 Å². The lowest BCUT2D eigenvalue weighted by Gasteiger charge is -2.35. The molecule has 0 spiro atoms. The summed E-state index contributed by atoms with van der Waals surface area (Å²) in [5, 5.41) is 12.2. The number of nitrogens with zero attached hydrogens (tertiary/aromatic N) is 1. The molecule has 1 aliphatic rings. The predicted molar refractivity (Wildman–Crippen MR) is 73.9 cm³/mol. The summed E-state index contributed by atoms with van der Waals surface area (Å²) in [6.07, 6.45) is 3.57. The van der Waals surface area contributed by atoms with Crippen LogP contribution < -0.4 is 5.32 Å². The molecule has 5 heteroatoms. The third-order valence-electron chi connectivity index (χ3n) is 3.74. The highest BCUT2D eigenvalue weighted by atomic mass is 16.4. The maximum absolute atomic E-state index is 11.9. The lowest BCUT2D eigenvalue weighted by atomic mass is 9.92. The van der Waals surface area contributed by atoms with Gasteiger partial charge in [0.2, 0.25) is 5.91 Å². The number of carbonyl (C=O) groups is 2. The van der Waals surface area contributed by atoms with E-state index >= 15 is 0 Å². The van der Waals surface area contributed by atoms with E-state index in [1.54, 1.807) is 4.90 Å². The third-order valence-corrected chi connectivity index (χ3v) is 3.74. The monoisotopic (exact) mass is 270 g/mol. The lowest BCUT2D eigenvalue weighted by molar-refractivity contribution is -0.146. The molecular formula is C14H26N2O3. The summed E-state index contributed by atoms with van der Waals surface area (Å²) in [5.74, 6) is -0.470. The van der Waals surface area contributed by atoms with Crippen molar-refractivity contribution in [2.45, 2.75) is 58.5 Å². The molecule has 1 heterocycles. The van der Waals surface area contributed by atoms with Gasteiger partial charge in [-0.1, -0.05) is 20.3 Å². The zero-order chi connectivity index (χ0) is 14.4. The van der Waals surface area contributed by atoms with Crippen LogP contribution >= 0.6 is 0 Å². The molecule has 1 amide bonds. The van der Waals surface area contributed by atoms with Crippen LogP contribution in [0.1, 0.15) is 46.5 Å². The Labute approximate surface area is 115 Å². The number of nitrogens with one attached hydrogen (secondary N) is 1. The van der Waals surface area contributed by atoms with Gasteiger partial charge in [-0.2, -0.15) is 0 Å². The molecule has 1 saturated heterocycles. The molecule has 1 fully saturated rings. The van der Waals surface area contributed by atoms with E-state index in [0.717, 1.165) is 19.3 Å². The Kier molecular flexibility index (Phi) is 6.28. The van der Waals surface area contributed by atoms with Gasteiger partial charge in [-0.15, -0.1) is 0 Å². The van der Waals surface area contributed by atoms with Gasteiger partial charge in [0, 0.05) is 6.04 Å². The fourth-order valence-corrected chi connectivity index (χ4v) is 2.65. The fraction of sp³-hybridized carbons (Fsp3) is 0.857. The number of carboxylic acids is 1. The second kappa shape index (κ2) is 7.48. The van der Waals surface area contributed by atoms with Crippen LogP contribution in [-0.4, -0.2) is 47.1 Å². The molecule has 3 atom stereocenters. The van der Waals surface area contributed by atoms with Gasteiger partial charge in [-0.05, 0) is 38.6 Å². The van der Waals surface area contributed by atoms with Crippen molar-refractivity contribution < 1.29 is 14.7 Å². The third kappa shape index (κ3) is 5.19. The van der Waals surface area contributed by atoms with Crippen molar-refractivity contribution in [1.82, 2.24) is 10.2 Å². The molecule has 3 unspecified atom stereocenters. The standard InChI is InChI=1S/C14H26N2O3/c1-4-5-11(3)15-13(17)9-16-7-6-10(2)8-12(16)14(18)19/h10-12H,4-9H2,1-3H3,(H,15,17)(H,18,19). The van der Waals surface area contributed by atoms with Crippen LogP contribution in [0.4, 0.5) is 0 Å². The number of carboxylic acid groups (broad SMARTS) is 1. The lowest BCUT2D eigenvalue weighted by Crippen LogP contribution is -2.51. The Balaban J connectivity index is 2.49. The van der Waals surface area contributed by atoms with Gasteiger partial charge in [-0.25, -0.2) is 0 Å². The van der Waals surface area contributed by atoms with Crippen LogP contribution in [-0.2, 0) is 9.59 Å². The number of amides is 1. The van der Waals surface area contributed by atoms with Crippen molar-refractivity contribution >= 4 is 11.9 Å². The Morgan fingerprint density at radius 3 is 2.74 bits per heavy atom. The molecule has 1 aliphatic heterocycles. The second-order valence-corrected chi connectivity index (χ2v) is 5.71. The predicted octanol–water partition coefficient (Wildman–Crippen LogP) is 1.48. The first-order valence-corrected chi connectivity index (χ1v) is 7.20. The van der Waals surface area contributed by atoms with Gasteiger partial charge < -0.3 is 10.4 Å². The van der Waals surface area contributed by atoms with Gasteiger partial charge in [0.05, 0.1) is 6.54 Å². The quantitative estimate of drug-likeness (QED) is 0.767. The summed E-state index contributed by atoms with van der Waals surface area (Å²) in [6, 6.07) is -0.361. The van der Waals surface area contributed by atoms with E-state index in [9.17, 15) is 14.7 Å². The first-order chi connectivity index (χ1) is 8.93. The summed E-state index contributed by atoms with van der Waals surface area (Å²) in [4.78, 5) is 24.9. The highest BCUT2D eigenvalue weighted by Gasteiger charge is 2.32. The van der Waals surface area contributed by atoms with Crippen LogP contribution in [0.2, 0.25) is 0 Å². The number of rotatable bonds is 6. The van der Waals surface area contributed by atoms with Crippen LogP contribution in [0, 0.1) is 5.92 Å². The highest BCUT2D eigenvalue weighted by molar-refractivity contribution is 5.80. The van der Waals surface area contributed by atoms with Crippen molar-refractivity contribution in [1.29, 1.82) is 0 Å². The van der Waals surface area contributed by atoms with Crippen LogP contribution in [0.5, 0.6) is 0 Å². The molecule has 110 valence electrons. The van der Waals surface area contributed by atoms with Gasteiger partial charge in [0.15, 0.2) is 0 Å². The van der Waals surface area contributed by atoms with Crippen molar-refractivity contribution in [2.24, 2.45) is 5.92 Å². The molecule has 0 aromatic heterocycles. The van der Waals surface area contributed by atoms with E-state index in [1.807, 2.05) is 6.92 Å². The van der Waals surface area contributed by atoms with E-state index in [2.05, 4.69) is 19.2 Å². The normalized spacial score (nSPS) is 25.8. The molecule has 1 rings (SSSR count). The molecule has 2 N–H and O–H groups in total. The molecule has 0 bridgehead atoms. The molecule has 0 radical (unpaired) electrons. The summed E-state index contributed by atoms with van der Waals surface area (Å²) < 4.78 is 0. The number of piperidine rings is 1. The first-order valence-electron chi connectivity index (χ1n) is 7.20. The molecule has 0 aromatic rings. The minimum absolute atomic E-state index is 0.0678. The van der Waals surface area contributed by atoms with E-state index < -0.39 is 12.0 Å². The number of hydrogen-bond donors (Lipinski definition) is 2. The van der Waals surface area contributed by atoms with E-state index in [0.29, 0.717) is 18.9 Å². The first kappa shape index (κ1) is 16.0. The van der Waals surface area contributed by atoms with Crippen molar-refractivity contribution in [3.05, 3.63) is 0 Å². The van der Waals surface area contributed by atoms with Gasteiger partial charge in [-0.3, -0.25) is 14.5 Å². The topological polar surface area (TPSA) is 69.6 Å². The maximum atomic E-state index is 11.9. The SMILES string of the molecule is CCCC(C)NC(=O)CN1CCC(C)CC1C(=O)O. The molecular weight excluding hydrogens is 244 g/mol. The van der Waals surface area contributed by atoms with E-state index in [-0.39, 0.29) is 18.5 Å². The number of carbonyl (C=O) groups excluding carboxylic acids is 1. The van der Waals surface area contributed by atoms with E-state index in [1.165, 1.54) is 0 Å². The number of hydrogen-bond acceptors (Lipinski definition) is 3. The van der Waals surface area contributed by atoms with E-state index in [4.69, 9.17) is 0 Å². The Morgan fingerprint density at radius 2 is 2.16 bits per heavy atom. The number of aliphatic carboxylic acids is 1. The minimum Gasteiger partial charge on any atom is -0.480 e. The average Bonchev–Trinajstić information content (AvgIpc) is 2.31. The second-order valence-electron chi connectivity index (χ2n) is 5.71. The summed E-state index contributed by atoms with van der Waals surface area (Å²) in [5.41, 5.74) is 0. The maximum Gasteiger partial charge on any atom is 0.320 e. The van der Waals surface area contributed by atoms with Gasteiger partial charge in [0.1, 0.15) is 6.04 Å². The average molecular weight is 270 g/mol. The van der Waals surface area contributed by atoms with Crippen molar-refractivity contribution in [3.8, 4) is 0 Å². The number of likely N-dealkylation sites (tertiary alicyclic amines) is 1. The Hall–Kier alpha value is -1.10. The van der Waals surface area contributed by atoms with Crippen LogP contribution in [0.3, 0.4) is 0 Å². The van der Waals surface area contributed by atoms with Gasteiger partial charge >= 0.3 is 5.97 Å². The summed E-state index contributed by atoms with van der Waals surface area (Å²) in [7, 11) is 0. The zero-order valence-electron chi connectivity index (χ0n) is 12.2. The Bertz CT molecular complexity index is 320. The highest BCUT2D eigenvalue weighted by Crippen LogP contribution is 2.22. The molecule has 0 saturated carbocycles. The molecule has 0 aliphatic carbocycles. The fourth-order valence-electron chi connectivity index (χ4n) is 2.65. The molecule has 5 nitrogen and oxygen atoms in total. The summed E-state index contributed by atoms with van der Waals surface area (Å²) >= 11 is 0. The molecule has 0 aromatic carbocycles. The van der Waals surface area contributed by atoms with Crippen molar-refractivity contribution in [3.63, 3.8) is 0 Å².